The van der Waals surface area contributed by atoms with Crippen LogP contribution < -0.4 is 5.73 Å². The van der Waals surface area contributed by atoms with Crippen molar-refractivity contribution in [3.05, 3.63) is 21.9 Å². The predicted molar refractivity (Wildman–Crippen MR) is 57.9 cm³/mol. The van der Waals surface area contributed by atoms with Crippen LogP contribution in [0.2, 0.25) is 0 Å². The van der Waals surface area contributed by atoms with Gasteiger partial charge in [-0.3, -0.25) is 0 Å². The molecule has 1 aromatic heterocycles. The van der Waals surface area contributed by atoms with Crippen molar-refractivity contribution in [1.82, 2.24) is 0 Å². The van der Waals surface area contributed by atoms with Crippen molar-refractivity contribution in [3.63, 3.8) is 0 Å². The van der Waals surface area contributed by atoms with Gasteiger partial charge in [-0.25, -0.2) is 0 Å². The van der Waals surface area contributed by atoms with Gasteiger partial charge >= 0.3 is 0 Å². The molecule has 2 atom stereocenters. The van der Waals surface area contributed by atoms with Crippen LogP contribution in [-0.2, 0) is 5.54 Å². The Balaban J connectivity index is 2.30. The van der Waals surface area contributed by atoms with Crippen LogP contribution in [-0.4, -0.2) is 0 Å². The Bertz CT molecular complexity index is 305. The first-order valence-electron chi connectivity index (χ1n) is 4.95. The van der Waals surface area contributed by atoms with Gasteiger partial charge in [0.15, 0.2) is 0 Å². The van der Waals surface area contributed by atoms with Gasteiger partial charge in [0, 0.05) is 4.88 Å². The zero-order chi connectivity index (χ0) is 9.47. The van der Waals surface area contributed by atoms with Crippen LogP contribution in [0, 0.1) is 12.8 Å². The molecule has 0 aromatic carbocycles. The molecule has 1 heterocycles. The highest BCUT2D eigenvalue weighted by Crippen LogP contribution is 2.42. The highest BCUT2D eigenvalue weighted by atomic mass is 32.1. The molecule has 2 rings (SSSR count). The molecule has 13 heavy (non-hydrogen) atoms. The summed E-state index contributed by atoms with van der Waals surface area (Å²) in [6.07, 6.45) is 3.61. The summed E-state index contributed by atoms with van der Waals surface area (Å²) in [6.45, 7) is 4.47. The summed E-state index contributed by atoms with van der Waals surface area (Å²) in [6, 6.07) is 2.18. The Kier molecular flexibility index (Phi) is 2.20. The van der Waals surface area contributed by atoms with E-state index < -0.39 is 0 Å². The first kappa shape index (κ1) is 9.22. The molecule has 2 N–H and O–H groups in total. The Morgan fingerprint density at radius 1 is 1.62 bits per heavy atom. The van der Waals surface area contributed by atoms with Crippen molar-refractivity contribution in [3.8, 4) is 0 Å². The van der Waals surface area contributed by atoms with E-state index in [0.29, 0.717) is 0 Å². The SMILES string of the molecule is Cc1ccsc1C1(N)CCC(C)C1. The van der Waals surface area contributed by atoms with Gasteiger partial charge in [-0.2, -0.15) is 0 Å². The standard InChI is InChI=1S/C11H17NS/c1-8-3-5-11(12,7-8)10-9(2)4-6-13-10/h4,6,8H,3,5,7,12H2,1-2H3. The third-order valence-corrected chi connectivity index (χ3v) is 4.35. The quantitative estimate of drug-likeness (QED) is 0.732. The second-order valence-corrected chi connectivity index (χ2v) is 5.35. The predicted octanol–water partition coefficient (Wildman–Crippen LogP) is 3.03. The van der Waals surface area contributed by atoms with Gasteiger partial charge < -0.3 is 5.73 Å². The number of hydrogen-bond acceptors (Lipinski definition) is 2. The molecule has 2 unspecified atom stereocenters. The minimum Gasteiger partial charge on any atom is -0.321 e. The smallest absolute Gasteiger partial charge is 0.0509 e. The zero-order valence-corrected chi connectivity index (χ0v) is 9.16. The summed E-state index contributed by atoms with van der Waals surface area (Å²) in [5, 5.41) is 2.16. The fourth-order valence-electron chi connectivity index (χ4n) is 2.42. The Labute approximate surface area is 84.0 Å². The lowest BCUT2D eigenvalue weighted by molar-refractivity contribution is 0.447. The van der Waals surface area contributed by atoms with E-state index >= 15 is 0 Å². The molecule has 1 fully saturated rings. The van der Waals surface area contributed by atoms with Crippen LogP contribution >= 0.6 is 11.3 Å². The fourth-order valence-corrected chi connectivity index (χ4v) is 3.50. The van der Waals surface area contributed by atoms with E-state index in [1.165, 1.54) is 16.9 Å². The molecule has 0 radical (unpaired) electrons. The Morgan fingerprint density at radius 2 is 2.38 bits per heavy atom. The minimum atomic E-state index is -0.00231. The van der Waals surface area contributed by atoms with Crippen LogP contribution in [0.5, 0.6) is 0 Å². The van der Waals surface area contributed by atoms with Crippen LogP contribution in [0.25, 0.3) is 0 Å². The average Bonchev–Trinajstić information content (AvgIpc) is 2.59. The lowest BCUT2D eigenvalue weighted by Gasteiger charge is -2.23. The number of aryl methyl sites for hydroxylation is 1. The van der Waals surface area contributed by atoms with Crippen molar-refractivity contribution < 1.29 is 0 Å². The summed E-state index contributed by atoms with van der Waals surface area (Å²) in [4.78, 5) is 1.41. The van der Waals surface area contributed by atoms with Gasteiger partial charge in [-0.1, -0.05) is 6.92 Å². The topological polar surface area (TPSA) is 26.0 Å². The first-order valence-corrected chi connectivity index (χ1v) is 5.83. The molecule has 1 aliphatic carbocycles. The van der Waals surface area contributed by atoms with Crippen LogP contribution in [0.3, 0.4) is 0 Å². The van der Waals surface area contributed by atoms with E-state index in [1.54, 1.807) is 0 Å². The summed E-state index contributed by atoms with van der Waals surface area (Å²) < 4.78 is 0. The van der Waals surface area contributed by atoms with E-state index in [0.717, 1.165) is 18.8 Å². The monoisotopic (exact) mass is 195 g/mol. The molecule has 0 bridgehead atoms. The third-order valence-electron chi connectivity index (χ3n) is 3.11. The maximum atomic E-state index is 6.43. The van der Waals surface area contributed by atoms with Crippen molar-refractivity contribution in [2.45, 2.75) is 38.6 Å². The summed E-state index contributed by atoms with van der Waals surface area (Å²) >= 11 is 1.82. The molecule has 0 aliphatic heterocycles. The minimum absolute atomic E-state index is 0.00231. The van der Waals surface area contributed by atoms with E-state index in [-0.39, 0.29) is 5.54 Å². The summed E-state index contributed by atoms with van der Waals surface area (Å²) in [7, 11) is 0. The molecule has 0 spiro atoms. The van der Waals surface area contributed by atoms with Crippen molar-refractivity contribution in [2.24, 2.45) is 11.7 Å². The number of nitrogens with two attached hydrogens (primary N) is 1. The molecule has 2 heteroatoms. The second kappa shape index (κ2) is 3.10. The molecule has 1 aromatic rings. The molecule has 0 amide bonds. The number of rotatable bonds is 1. The van der Waals surface area contributed by atoms with Gasteiger partial charge in [0.05, 0.1) is 5.54 Å². The average molecular weight is 195 g/mol. The Hall–Kier alpha value is -0.340. The lowest BCUT2D eigenvalue weighted by Crippen LogP contribution is -2.33. The molecule has 72 valence electrons. The van der Waals surface area contributed by atoms with Crippen molar-refractivity contribution in [2.75, 3.05) is 0 Å². The molecule has 1 nitrogen and oxygen atoms in total. The van der Waals surface area contributed by atoms with Crippen molar-refractivity contribution in [1.29, 1.82) is 0 Å². The Morgan fingerprint density at radius 3 is 2.85 bits per heavy atom. The normalized spacial score (nSPS) is 33.9. The fraction of sp³-hybridized carbons (Fsp3) is 0.636. The van der Waals surface area contributed by atoms with Crippen LogP contribution in [0.15, 0.2) is 11.4 Å². The van der Waals surface area contributed by atoms with Gasteiger partial charge in [0.2, 0.25) is 0 Å². The lowest BCUT2D eigenvalue weighted by atomic mass is 9.93. The zero-order valence-electron chi connectivity index (χ0n) is 8.34. The van der Waals surface area contributed by atoms with Crippen LogP contribution in [0.1, 0.15) is 36.6 Å². The van der Waals surface area contributed by atoms with E-state index in [2.05, 4.69) is 25.3 Å². The molecular weight excluding hydrogens is 178 g/mol. The second-order valence-electron chi connectivity index (χ2n) is 4.44. The van der Waals surface area contributed by atoms with Crippen LogP contribution in [0.4, 0.5) is 0 Å². The highest BCUT2D eigenvalue weighted by molar-refractivity contribution is 7.10. The van der Waals surface area contributed by atoms with Gasteiger partial charge in [-0.05, 0) is 49.1 Å². The number of thiophene rings is 1. The van der Waals surface area contributed by atoms with Gasteiger partial charge in [-0.15, -0.1) is 11.3 Å². The van der Waals surface area contributed by atoms with E-state index in [1.807, 2.05) is 11.3 Å². The van der Waals surface area contributed by atoms with Gasteiger partial charge in [0.25, 0.3) is 0 Å². The van der Waals surface area contributed by atoms with E-state index in [9.17, 15) is 0 Å². The highest BCUT2D eigenvalue weighted by Gasteiger charge is 2.36. The first-order chi connectivity index (χ1) is 6.12. The molecule has 0 saturated heterocycles. The van der Waals surface area contributed by atoms with Crippen molar-refractivity contribution >= 4 is 11.3 Å². The number of hydrogen-bond donors (Lipinski definition) is 1. The van der Waals surface area contributed by atoms with E-state index in [4.69, 9.17) is 5.73 Å². The maximum Gasteiger partial charge on any atom is 0.0509 e. The summed E-state index contributed by atoms with van der Waals surface area (Å²) in [5.74, 6) is 0.798. The largest absolute Gasteiger partial charge is 0.321 e. The molecular formula is C11H17NS. The maximum absolute atomic E-state index is 6.43. The van der Waals surface area contributed by atoms with Gasteiger partial charge in [0.1, 0.15) is 0 Å². The molecule has 1 aliphatic rings. The third kappa shape index (κ3) is 1.53. The summed E-state index contributed by atoms with van der Waals surface area (Å²) in [5.41, 5.74) is 7.80. The molecule has 1 saturated carbocycles.